The molecule has 0 radical (unpaired) electrons. The van der Waals surface area contributed by atoms with Gasteiger partial charge in [0.25, 0.3) is 11.8 Å². The molecule has 0 aliphatic heterocycles. The highest BCUT2D eigenvalue weighted by molar-refractivity contribution is 5.95. The summed E-state index contributed by atoms with van der Waals surface area (Å²) in [4.78, 5) is 35.7. The maximum atomic E-state index is 12.8. The number of halogens is 1. The quantitative estimate of drug-likeness (QED) is 0.553. The van der Waals surface area contributed by atoms with Crippen molar-refractivity contribution >= 4 is 23.5 Å². The van der Waals surface area contributed by atoms with Crippen molar-refractivity contribution in [3.05, 3.63) is 30.1 Å². The van der Waals surface area contributed by atoms with E-state index in [1.165, 1.54) is 24.3 Å². The van der Waals surface area contributed by atoms with Gasteiger partial charge in [-0.15, -0.1) is 0 Å². The molecular weight excluding hydrogens is 315 g/mol. The fourth-order valence-corrected chi connectivity index (χ4v) is 1.86. The number of hydrogen-bond acceptors (Lipinski definition) is 3. The molecule has 4 N–H and O–H groups in total. The standard InChI is InChI=1S/C16H23FN4O3/c1-11(2)8-18-16(24)20-15(23)10-21(3)9-14(22)19-13-6-4-12(17)5-7-13/h4-7,11H,8-10H2,1-3H3,(H,19,22)(H2,18,20,23,24)/p+1. The summed E-state index contributed by atoms with van der Waals surface area (Å²) in [5, 5.41) is 7.40. The van der Waals surface area contributed by atoms with Crippen molar-refractivity contribution in [1.82, 2.24) is 10.6 Å². The van der Waals surface area contributed by atoms with Crippen molar-refractivity contribution in [3.8, 4) is 0 Å². The van der Waals surface area contributed by atoms with Crippen molar-refractivity contribution in [2.75, 3.05) is 32.0 Å². The molecule has 0 heterocycles. The van der Waals surface area contributed by atoms with Gasteiger partial charge in [0.05, 0.1) is 7.05 Å². The minimum absolute atomic E-state index is 0.0219. The predicted molar refractivity (Wildman–Crippen MR) is 88.0 cm³/mol. The van der Waals surface area contributed by atoms with Crippen molar-refractivity contribution in [2.24, 2.45) is 5.92 Å². The Balaban J connectivity index is 2.32. The summed E-state index contributed by atoms with van der Waals surface area (Å²) < 4.78 is 12.8. The highest BCUT2D eigenvalue weighted by atomic mass is 19.1. The summed E-state index contributed by atoms with van der Waals surface area (Å²) in [6.45, 7) is 4.38. The first-order chi connectivity index (χ1) is 11.3. The van der Waals surface area contributed by atoms with Crippen LogP contribution in [0.5, 0.6) is 0 Å². The number of carbonyl (C=O) groups is 3. The van der Waals surface area contributed by atoms with E-state index in [4.69, 9.17) is 0 Å². The first-order valence-electron chi connectivity index (χ1n) is 7.70. The van der Waals surface area contributed by atoms with Crippen molar-refractivity contribution in [3.63, 3.8) is 0 Å². The number of likely N-dealkylation sites (N-methyl/N-ethyl adjacent to an activating group) is 1. The van der Waals surface area contributed by atoms with Crippen LogP contribution in [0, 0.1) is 11.7 Å². The molecule has 0 bridgehead atoms. The van der Waals surface area contributed by atoms with Gasteiger partial charge in [-0.25, -0.2) is 9.18 Å². The number of nitrogens with one attached hydrogen (secondary N) is 4. The Morgan fingerprint density at radius 1 is 1.08 bits per heavy atom. The van der Waals surface area contributed by atoms with Crippen LogP contribution in [0.15, 0.2) is 24.3 Å². The topological polar surface area (TPSA) is 91.7 Å². The third-order valence-corrected chi connectivity index (χ3v) is 2.98. The second-order valence-electron chi connectivity index (χ2n) is 6.02. The predicted octanol–water partition coefficient (Wildman–Crippen LogP) is -0.239. The Labute approximate surface area is 140 Å². The molecule has 0 aliphatic rings. The smallest absolute Gasteiger partial charge is 0.321 e. The number of hydrogen-bond donors (Lipinski definition) is 4. The zero-order chi connectivity index (χ0) is 18.1. The maximum absolute atomic E-state index is 12.8. The second kappa shape index (κ2) is 9.61. The zero-order valence-electron chi connectivity index (χ0n) is 14.1. The van der Waals surface area contributed by atoms with E-state index in [1.54, 1.807) is 7.05 Å². The molecule has 1 aromatic carbocycles. The fourth-order valence-electron chi connectivity index (χ4n) is 1.86. The maximum Gasteiger partial charge on any atom is 0.321 e. The first-order valence-corrected chi connectivity index (χ1v) is 7.70. The second-order valence-corrected chi connectivity index (χ2v) is 6.02. The lowest BCUT2D eigenvalue weighted by Gasteiger charge is -2.14. The first kappa shape index (κ1) is 19.6. The Kier molecular flexibility index (Phi) is 7.84. The van der Waals surface area contributed by atoms with Gasteiger partial charge in [-0.05, 0) is 30.2 Å². The molecule has 0 saturated heterocycles. The molecule has 0 saturated carbocycles. The number of carbonyl (C=O) groups excluding carboxylic acids is 3. The van der Waals surface area contributed by atoms with E-state index in [0.717, 1.165) is 0 Å². The zero-order valence-corrected chi connectivity index (χ0v) is 14.1. The molecule has 4 amide bonds. The number of benzene rings is 1. The Morgan fingerprint density at radius 2 is 1.67 bits per heavy atom. The minimum Gasteiger partial charge on any atom is -0.338 e. The normalized spacial score (nSPS) is 11.7. The summed E-state index contributed by atoms with van der Waals surface area (Å²) in [7, 11) is 1.66. The highest BCUT2D eigenvalue weighted by Gasteiger charge is 2.16. The van der Waals surface area contributed by atoms with E-state index < -0.39 is 11.9 Å². The molecule has 1 aromatic rings. The van der Waals surface area contributed by atoms with E-state index in [1.807, 2.05) is 13.8 Å². The van der Waals surface area contributed by atoms with Gasteiger partial charge in [0.2, 0.25) is 0 Å². The molecule has 0 spiro atoms. The summed E-state index contributed by atoms with van der Waals surface area (Å²) >= 11 is 0. The van der Waals surface area contributed by atoms with Gasteiger partial charge < -0.3 is 15.5 Å². The number of amides is 4. The number of quaternary nitrogens is 1. The number of urea groups is 1. The van der Waals surface area contributed by atoms with Gasteiger partial charge in [0.1, 0.15) is 5.82 Å². The van der Waals surface area contributed by atoms with E-state index in [-0.39, 0.29) is 30.7 Å². The number of imide groups is 1. The molecule has 0 aliphatic carbocycles. The molecule has 8 heteroatoms. The fraction of sp³-hybridized carbons (Fsp3) is 0.438. The van der Waals surface area contributed by atoms with E-state index in [9.17, 15) is 18.8 Å². The lowest BCUT2D eigenvalue weighted by molar-refractivity contribution is -0.862. The van der Waals surface area contributed by atoms with Crippen molar-refractivity contribution in [2.45, 2.75) is 13.8 Å². The Morgan fingerprint density at radius 3 is 2.25 bits per heavy atom. The average Bonchev–Trinajstić information content (AvgIpc) is 2.47. The lowest BCUT2D eigenvalue weighted by atomic mass is 10.2. The molecule has 132 valence electrons. The van der Waals surface area contributed by atoms with E-state index >= 15 is 0 Å². The summed E-state index contributed by atoms with van der Waals surface area (Å²) in [5.41, 5.74) is 0.478. The molecule has 0 fully saturated rings. The summed E-state index contributed by atoms with van der Waals surface area (Å²) in [6, 6.07) is 4.85. The number of anilines is 1. The largest absolute Gasteiger partial charge is 0.338 e. The molecule has 1 rings (SSSR count). The van der Waals surface area contributed by atoms with Crippen LogP contribution >= 0.6 is 0 Å². The minimum atomic E-state index is -0.544. The van der Waals surface area contributed by atoms with Crippen LogP contribution in [-0.2, 0) is 9.59 Å². The molecule has 7 nitrogen and oxygen atoms in total. The summed E-state index contributed by atoms with van der Waals surface area (Å²) in [6.07, 6.45) is 0. The molecule has 24 heavy (non-hydrogen) atoms. The summed E-state index contributed by atoms with van der Waals surface area (Å²) in [5.74, 6) is -0.878. The Hall–Kier alpha value is -2.48. The van der Waals surface area contributed by atoms with Crippen LogP contribution in [-0.4, -0.2) is 44.5 Å². The third-order valence-electron chi connectivity index (χ3n) is 2.98. The average molecular weight is 339 g/mol. The van der Waals surface area contributed by atoms with Crippen molar-refractivity contribution in [1.29, 1.82) is 0 Å². The number of rotatable bonds is 7. The monoisotopic (exact) mass is 339 g/mol. The van der Waals surface area contributed by atoms with Crippen LogP contribution < -0.4 is 20.9 Å². The highest BCUT2D eigenvalue weighted by Crippen LogP contribution is 2.07. The van der Waals surface area contributed by atoms with E-state index in [0.29, 0.717) is 17.1 Å². The van der Waals surface area contributed by atoms with Crippen LogP contribution in [0.3, 0.4) is 0 Å². The van der Waals surface area contributed by atoms with Crippen LogP contribution in [0.4, 0.5) is 14.9 Å². The molecule has 1 unspecified atom stereocenters. The van der Waals surface area contributed by atoms with Crippen molar-refractivity contribution < 1.29 is 23.7 Å². The Bertz CT molecular complexity index is 575. The van der Waals surface area contributed by atoms with Crippen LogP contribution in [0.1, 0.15) is 13.8 Å². The van der Waals surface area contributed by atoms with Gasteiger partial charge in [-0.1, -0.05) is 13.8 Å². The molecule has 0 aromatic heterocycles. The SMILES string of the molecule is CC(C)CNC(=O)NC(=O)C[NH+](C)CC(=O)Nc1ccc(F)cc1. The van der Waals surface area contributed by atoms with Gasteiger partial charge in [0.15, 0.2) is 13.1 Å². The van der Waals surface area contributed by atoms with Gasteiger partial charge in [-0.2, -0.15) is 0 Å². The van der Waals surface area contributed by atoms with Gasteiger partial charge >= 0.3 is 6.03 Å². The van der Waals surface area contributed by atoms with Crippen LogP contribution in [0.2, 0.25) is 0 Å². The van der Waals surface area contributed by atoms with Gasteiger partial charge in [-0.3, -0.25) is 14.9 Å². The molecule has 1 atom stereocenters. The van der Waals surface area contributed by atoms with Crippen LogP contribution in [0.25, 0.3) is 0 Å². The lowest BCUT2D eigenvalue weighted by Crippen LogP contribution is -3.11. The van der Waals surface area contributed by atoms with Gasteiger partial charge in [0, 0.05) is 12.2 Å². The van der Waals surface area contributed by atoms with E-state index in [2.05, 4.69) is 16.0 Å². The molecular formula is C16H24FN4O3+. The third kappa shape index (κ3) is 8.23.